The van der Waals surface area contributed by atoms with Crippen LogP contribution in [-0.2, 0) is 0 Å². The number of hydrogen-bond acceptors (Lipinski definition) is 3. The van der Waals surface area contributed by atoms with Gasteiger partial charge >= 0.3 is 0 Å². The predicted molar refractivity (Wildman–Crippen MR) is 81.5 cm³/mol. The van der Waals surface area contributed by atoms with Gasteiger partial charge in [0.2, 0.25) is 0 Å². The SMILES string of the molecule is COc1cc(-n2cncc2C(N)CC(C)C)ccc1Cl. The fraction of sp³-hybridized carbons (Fsp3) is 0.400. The van der Waals surface area contributed by atoms with Crippen LogP contribution in [0.2, 0.25) is 5.02 Å². The zero-order valence-electron chi connectivity index (χ0n) is 12.0. The van der Waals surface area contributed by atoms with Gasteiger partial charge in [0.15, 0.2) is 0 Å². The zero-order valence-corrected chi connectivity index (χ0v) is 12.8. The molecule has 0 aliphatic carbocycles. The van der Waals surface area contributed by atoms with Crippen molar-refractivity contribution in [3.63, 3.8) is 0 Å². The van der Waals surface area contributed by atoms with E-state index in [-0.39, 0.29) is 6.04 Å². The standard InChI is InChI=1S/C15H20ClN3O/c1-10(2)6-13(17)14-8-18-9-19(14)11-4-5-12(16)15(7-11)20-3/h4-5,7-10,13H,6,17H2,1-3H3. The van der Waals surface area contributed by atoms with Crippen molar-refractivity contribution in [2.75, 3.05) is 7.11 Å². The van der Waals surface area contributed by atoms with E-state index in [9.17, 15) is 0 Å². The maximum Gasteiger partial charge on any atom is 0.139 e. The molecule has 2 aromatic rings. The molecule has 108 valence electrons. The van der Waals surface area contributed by atoms with Gasteiger partial charge in [0.05, 0.1) is 36.0 Å². The highest BCUT2D eigenvalue weighted by Crippen LogP contribution is 2.28. The Balaban J connectivity index is 2.36. The number of nitrogens with two attached hydrogens (primary N) is 1. The van der Waals surface area contributed by atoms with Crippen molar-refractivity contribution in [2.45, 2.75) is 26.3 Å². The third-order valence-electron chi connectivity index (χ3n) is 3.19. The Morgan fingerprint density at radius 1 is 1.40 bits per heavy atom. The lowest BCUT2D eigenvalue weighted by Gasteiger charge is -2.17. The summed E-state index contributed by atoms with van der Waals surface area (Å²) in [7, 11) is 1.60. The monoisotopic (exact) mass is 293 g/mol. The van der Waals surface area contributed by atoms with E-state index in [1.807, 2.05) is 29.0 Å². The van der Waals surface area contributed by atoms with E-state index < -0.39 is 0 Å². The van der Waals surface area contributed by atoms with Gasteiger partial charge < -0.3 is 15.0 Å². The first-order chi connectivity index (χ1) is 9.52. The Kier molecular flexibility index (Phi) is 4.68. The van der Waals surface area contributed by atoms with Crippen molar-refractivity contribution in [3.05, 3.63) is 41.4 Å². The van der Waals surface area contributed by atoms with Gasteiger partial charge in [-0.2, -0.15) is 0 Å². The highest BCUT2D eigenvalue weighted by Gasteiger charge is 2.15. The van der Waals surface area contributed by atoms with Crippen molar-refractivity contribution in [2.24, 2.45) is 11.7 Å². The molecule has 2 rings (SSSR count). The number of hydrogen-bond donors (Lipinski definition) is 1. The molecule has 0 amide bonds. The Labute approximate surface area is 124 Å². The molecule has 1 aromatic carbocycles. The van der Waals surface area contributed by atoms with Crippen LogP contribution in [0.1, 0.15) is 32.0 Å². The summed E-state index contributed by atoms with van der Waals surface area (Å²) in [5.74, 6) is 1.18. The molecule has 0 radical (unpaired) electrons. The summed E-state index contributed by atoms with van der Waals surface area (Å²) in [6.07, 6.45) is 4.49. The highest BCUT2D eigenvalue weighted by atomic mass is 35.5. The lowest BCUT2D eigenvalue weighted by atomic mass is 10.0. The van der Waals surface area contributed by atoms with E-state index >= 15 is 0 Å². The van der Waals surface area contributed by atoms with Crippen LogP contribution in [0.5, 0.6) is 5.75 Å². The van der Waals surface area contributed by atoms with E-state index in [1.165, 1.54) is 0 Å². The maximum absolute atomic E-state index is 6.26. The van der Waals surface area contributed by atoms with Gasteiger partial charge in [-0.25, -0.2) is 4.98 Å². The molecule has 0 bridgehead atoms. The van der Waals surface area contributed by atoms with Crippen LogP contribution in [0.4, 0.5) is 0 Å². The molecule has 0 spiro atoms. The van der Waals surface area contributed by atoms with Gasteiger partial charge in [-0.3, -0.25) is 0 Å². The first kappa shape index (κ1) is 14.9. The summed E-state index contributed by atoms with van der Waals surface area (Å²) in [6.45, 7) is 4.32. The summed E-state index contributed by atoms with van der Waals surface area (Å²) in [6, 6.07) is 5.58. The number of nitrogens with zero attached hydrogens (tertiary/aromatic N) is 2. The van der Waals surface area contributed by atoms with Gasteiger partial charge in [0.1, 0.15) is 5.75 Å². The van der Waals surface area contributed by atoms with Crippen LogP contribution in [0, 0.1) is 5.92 Å². The van der Waals surface area contributed by atoms with Crippen molar-refractivity contribution in [1.82, 2.24) is 9.55 Å². The summed E-state index contributed by atoms with van der Waals surface area (Å²) >= 11 is 6.05. The Morgan fingerprint density at radius 2 is 2.15 bits per heavy atom. The average Bonchev–Trinajstić information content (AvgIpc) is 2.88. The second-order valence-corrected chi connectivity index (χ2v) is 5.65. The quantitative estimate of drug-likeness (QED) is 0.917. The Morgan fingerprint density at radius 3 is 2.80 bits per heavy atom. The third kappa shape index (κ3) is 3.14. The van der Waals surface area contributed by atoms with E-state index in [0.29, 0.717) is 16.7 Å². The molecule has 4 nitrogen and oxygen atoms in total. The van der Waals surface area contributed by atoms with Crippen molar-refractivity contribution < 1.29 is 4.74 Å². The first-order valence-electron chi connectivity index (χ1n) is 6.64. The molecule has 0 saturated heterocycles. The van der Waals surface area contributed by atoms with Gasteiger partial charge in [0, 0.05) is 12.1 Å². The molecule has 0 aliphatic rings. The van der Waals surface area contributed by atoms with Gasteiger partial charge in [-0.15, -0.1) is 0 Å². The highest BCUT2D eigenvalue weighted by molar-refractivity contribution is 6.32. The minimum Gasteiger partial charge on any atom is -0.495 e. The smallest absolute Gasteiger partial charge is 0.139 e. The molecule has 0 saturated carbocycles. The molecule has 20 heavy (non-hydrogen) atoms. The topological polar surface area (TPSA) is 53.1 Å². The summed E-state index contributed by atoms with van der Waals surface area (Å²) in [5.41, 5.74) is 8.19. The van der Waals surface area contributed by atoms with Crippen molar-refractivity contribution in [1.29, 1.82) is 0 Å². The first-order valence-corrected chi connectivity index (χ1v) is 7.02. The van der Waals surface area contributed by atoms with E-state index in [2.05, 4.69) is 18.8 Å². The minimum absolute atomic E-state index is 0.0424. The fourth-order valence-electron chi connectivity index (χ4n) is 2.22. The lowest BCUT2D eigenvalue weighted by molar-refractivity contribution is 0.414. The van der Waals surface area contributed by atoms with E-state index in [0.717, 1.165) is 17.8 Å². The molecule has 1 atom stereocenters. The number of ether oxygens (including phenoxy) is 1. The van der Waals surface area contributed by atoms with Gasteiger partial charge in [-0.05, 0) is 24.5 Å². The molecule has 0 aliphatic heterocycles. The molecule has 1 unspecified atom stereocenters. The summed E-state index contributed by atoms with van der Waals surface area (Å²) < 4.78 is 7.23. The number of rotatable bonds is 5. The number of halogens is 1. The van der Waals surface area contributed by atoms with Crippen LogP contribution in [0.15, 0.2) is 30.7 Å². The number of benzene rings is 1. The molecular weight excluding hydrogens is 274 g/mol. The van der Waals surface area contributed by atoms with Crippen LogP contribution in [-0.4, -0.2) is 16.7 Å². The largest absolute Gasteiger partial charge is 0.495 e. The fourth-order valence-corrected chi connectivity index (χ4v) is 2.42. The molecule has 5 heteroatoms. The number of aromatic nitrogens is 2. The summed E-state index contributed by atoms with van der Waals surface area (Å²) in [4.78, 5) is 4.21. The van der Waals surface area contributed by atoms with Crippen LogP contribution in [0.25, 0.3) is 5.69 Å². The van der Waals surface area contributed by atoms with E-state index in [4.69, 9.17) is 22.1 Å². The second-order valence-electron chi connectivity index (χ2n) is 5.24. The summed E-state index contributed by atoms with van der Waals surface area (Å²) in [5, 5.41) is 0.587. The molecule has 0 fully saturated rings. The molecule has 2 N–H and O–H groups in total. The van der Waals surface area contributed by atoms with Crippen molar-refractivity contribution >= 4 is 11.6 Å². The van der Waals surface area contributed by atoms with Gasteiger partial charge in [0.25, 0.3) is 0 Å². The normalized spacial score (nSPS) is 12.7. The second kappa shape index (κ2) is 6.29. The Hall–Kier alpha value is -1.52. The van der Waals surface area contributed by atoms with Crippen LogP contribution in [0.3, 0.4) is 0 Å². The molecule has 1 heterocycles. The maximum atomic E-state index is 6.26. The zero-order chi connectivity index (χ0) is 14.7. The lowest BCUT2D eigenvalue weighted by Crippen LogP contribution is -2.16. The van der Waals surface area contributed by atoms with E-state index in [1.54, 1.807) is 13.4 Å². The molecule has 1 aromatic heterocycles. The number of methoxy groups -OCH3 is 1. The Bertz CT molecular complexity index is 580. The number of imidazole rings is 1. The van der Waals surface area contributed by atoms with Crippen LogP contribution < -0.4 is 10.5 Å². The molecular formula is C15H20ClN3O. The van der Waals surface area contributed by atoms with Crippen LogP contribution >= 0.6 is 11.6 Å². The average molecular weight is 294 g/mol. The third-order valence-corrected chi connectivity index (χ3v) is 3.50. The van der Waals surface area contributed by atoms with Gasteiger partial charge in [-0.1, -0.05) is 25.4 Å². The van der Waals surface area contributed by atoms with Crippen molar-refractivity contribution in [3.8, 4) is 11.4 Å². The predicted octanol–water partition coefficient (Wildman–Crippen LogP) is 3.58. The minimum atomic E-state index is -0.0424.